The molecule has 0 atom stereocenters. The number of carbonyl (C=O) groups is 1. The lowest BCUT2D eigenvalue weighted by Gasteiger charge is -2.12. The van der Waals surface area contributed by atoms with Crippen LogP contribution in [0, 0.1) is 0 Å². The fourth-order valence-electron chi connectivity index (χ4n) is 3.02. The first-order valence-corrected chi connectivity index (χ1v) is 6.79. The molecule has 3 rings (SSSR count). The molecule has 2 N–H and O–H groups in total. The van der Waals surface area contributed by atoms with Crippen LogP contribution in [0.5, 0.6) is 0 Å². The van der Waals surface area contributed by atoms with E-state index < -0.39 is 5.97 Å². The van der Waals surface area contributed by atoms with Gasteiger partial charge >= 0.3 is 5.97 Å². The molecule has 3 heteroatoms. The Morgan fingerprint density at radius 2 is 1.90 bits per heavy atom. The lowest BCUT2D eigenvalue weighted by molar-refractivity contribution is 0.0695. The van der Waals surface area contributed by atoms with E-state index in [1.807, 2.05) is 18.2 Å². The highest BCUT2D eigenvalue weighted by atomic mass is 16.4. The van der Waals surface area contributed by atoms with Crippen molar-refractivity contribution < 1.29 is 15.0 Å². The molecule has 0 bridgehead atoms. The highest BCUT2D eigenvalue weighted by Crippen LogP contribution is 2.39. The van der Waals surface area contributed by atoms with Gasteiger partial charge in [-0.05, 0) is 53.1 Å². The lowest BCUT2D eigenvalue weighted by Crippen LogP contribution is -2.06. The molecule has 102 valence electrons. The van der Waals surface area contributed by atoms with Crippen molar-refractivity contribution in [1.82, 2.24) is 0 Å². The zero-order valence-electron chi connectivity index (χ0n) is 11.1. The zero-order chi connectivity index (χ0) is 14.1. The molecule has 0 saturated carbocycles. The normalized spacial score (nSPS) is 12.1. The third kappa shape index (κ3) is 2.00. The summed E-state index contributed by atoms with van der Waals surface area (Å²) in [5.41, 5.74) is 5.93. The van der Waals surface area contributed by atoms with E-state index in [2.05, 4.69) is 12.1 Å². The predicted octanol–water partition coefficient (Wildman–Crippen LogP) is 2.88. The molecular weight excluding hydrogens is 252 g/mol. The van der Waals surface area contributed by atoms with Crippen molar-refractivity contribution in [2.24, 2.45) is 0 Å². The summed E-state index contributed by atoms with van der Waals surface area (Å²) in [6.45, 7) is 0.0790. The quantitative estimate of drug-likeness (QED) is 0.765. The van der Waals surface area contributed by atoms with Gasteiger partial charge in [0, 0.05) is 6.61 Å². The molecular formula is C17H16O3. The Morgan fingerprint density at radius 3 is 2.65 bits per heavy atom. The average molecular weight is 268 g/mol. The number of benzene rings is 2. The molecule has 0 heterocycles. The molecule has 0 unspecified atom stereocenters. The third-order valence-electron chi connectivity index (χ3n) is 3.92. The Balaban J connectivity index is 2.15. The van der Waals surface area contributed by atoms with E-state index in [1.54, 1.807) is 6.07 Å². The van der Waals surface area contributed by atoms with Gasteiger partial charge < -0.3 is 10.2 Å². The highest BCUT2D eigenvalue weighted by Gasteiger charge is 2.24. The second-order valence-corrected chi connectivity index (χ2v) is 5.08. The van der Waals surface area contributed by atoms with Crippen LogP contribution >= 0.6 is 0 Å². The van der Waals surface area contributed by atoms with Crippen molar-refractivity contribution in [1.29, 1.82) is 0 Å². The van der Waals surface area contributed by atoms with Crippen molar-refractivity contribution in [2.45, 2.75) is 19.3 Å². The Bertz CT molecular complexity index is 674. The first-order valence-electron chi connectivity index (χ1n) is 6.79. The molecule has 1 aliphatic rings. The van der Waals surface area contributed by atoms with Crippen molar-refractivity contribution >= 4 is 5.97 Å². The number of rotatable bonds is 4. The van der Waals surface area contributed by atoms with E-state index in [9.17, 15) is 9.90 Å². The number of hydrogen-bond donors (Lipinski definition) is 2. The maximum Gasteiger partial charge on any atom is 0.335 e. The number of aliphatic hydroxyl groups excluding tert-OH is 1. The van der Waals surface area contributed by atoms with Gasteiger partial charge in [-0.1, -0.05) is 30.3 Å². The zero-order valence-corrected chi connectivity index (χ0v) is 11.1. The van der Waals surface area contributed by atoms with Gasteiger partial charge in [0.1, 0.15) is 0 Å². The standard InChI is InChI=1S/C17H16O3/c18-9-3-6-13-15(17(19)20)8-7-14-12-5-2-1-4-11(12)10-16(13)14/h1-2,4-5,7-8,18H,3,6,9-10H2,(H,19,20). The molecule has 1 aliphatic carbocycles. The number of fused-ring (bicyclic) bond motifs is 3. The van der Waals surface area contributed by atoms with E-state index in [0.29, 0.717) is 18.4 Å². The number of aromatic carboxylic acids is 1. The van der Waals surface area contributed by atoms with E-state index in [0.717, 1.165) is 23.1 Å². The summed E-state index contributed by atoms with van der Waals surface area (Å²) in [6, 6.07) is 11.8. The van der Waals surface area contributed by atoms with E-state index >= 15 is 0 Å². The van der Waals surface area contributed by atoms with Gasteiger partial charge in [-0.25, -0.2) is 4.79 Å². The SMILES string of the molecule is O=C(O)c1ccc2c(c1CCCO)Cc1ccccc1-2. The number of hydrogen-bond acceptors (Lipinski definition) is 2. The fraction of sp³-hybridized carbons (Fsp3) is 0.235. The maximum absolute atomic E-state index is 11.4. The minimum Gasteiger partial charge on any atom is -0.478 e. The predicted molar refractivity (Wildman–Crippen MR) is 77.1 cm³/mol. The van der Waals surface area contributed by atoms with Gasteiger partial charge in [0.25, 0.3) is 0 Å². The molecule has 2 aromatic rings. The van der Waals surface area contributed by atoms with E-state index in [1.165, 1.54) is 11.1 Å². The second-order valence-electron chi connectivity index (χ2n) is 5.08. The van der Waals surface area contributed by atoms with Crippen LogP contribution in [0.3, 0.4) is 0 Å². The molecule has 3 nitrogen and oxygen atoms in total. The summed E-state index contributed by atoms with van der Waals surface area (Å²) in [4.78, 5) is 11.4. The van der Waals surface area contributed by atoms with Crippen molar-refractivity contribution in [3.05, 3.63) is 58.7 Å². The minimum absolute atomic E-state index is 0.0790. The van der Waals surface area contributed by atoms with Gasteiger partial charge in [0.05, 0.1) is 5.56 Å². The molecule has 0 radical (unpaired) electrons. The van der Waals surface area contributed by atoms with Gasteiger partial charge in [-0.15, -0.1) is 0 Å². The Morgan fingerprint density at radius 1 is 1.10 bits per heavy atom. The van der Waals surface area contributed by atoms with Crippen LogP contribution in [0.4, 0.5) is 0 Å². The lowest BCUT2D eigenvalue weighted by atomic mass is 9.93. The second kappa shape index (κ2) is 5.10. The fourth-order valence-corrected chi connectivity index (χ4v) is 3.02. The van der Waals surface area contributed by atoms with Gasteiger partial charge in [-0.3, -0.25) is 0 Å². The topological polar surface area (TPSA) is 57.5 Å². The number of carboxylic acids is 1. The van der Waals surface area contributed by atoms with Crippen molar-refractivity contribution in [3.8, 4) is 11.1 Å². The Kier molecular flexibility index (Phi) is 3.28. The van der Waals surface area contributed by atoms with Crippen LogP contribution in [-0.4, -0.2) is 22.8 Å². The molecule has 0 aromatic heterocycles. The molecule has 20 heavy (non-hydrogen) atoms. The molecule has 0 amide bonds. The summed E-state index contributed by atoms with van der Waals surface area (Å²) in [5, 5.41) is 18.4. The largest absolute Gasteiger partial charge is 0.478 e. The first kappa shape index (κ1) is 12.9. The van der Waals surface area contributed by atoms with Crippen LogP contribution in [0.25, 0.3) is 11.1 Å². The van der Waals surface area contributed by atoms with Crippen LogP contribution in [0.15, 0.2) is 36.4 Å². The average Bonchev–Trinajstić information content (AvgIpc) is 2.83. The molecule has 0 fully saturated rings. The van der Waals surface area contributed by atoms with Crippen LogP contribution < -0.4 is 0 Å². The molecule has 0 saturated heterocycles. The molecule has 0 spiro atoms. The summed E-state index contributed by atoms with van der Waals surface area (Å²) >= 11 is 0. The molecule has 0 aliphatic heterocycles. The Hall–Kier alpha value is -2.13. The maximum atomic E-state index is 11.4. The molecule has 2 aromatic carbocycles. The van der Waals surface area contributed by atoms with Crippen LogP contribution in [-0.2, 0) is 12.8 Å². The van der Waals surface area contributed by atoms with Crippen LogP contribution in [0.1, 0.15) is 33.5 Å². The monoisotopic (exact) mass is 268 g/mol. The third-order valence-corrected chi connectivity index (χ3v) is 3.92. The first-order chi connectivity index (χ1) is 9.72. The minimum atomic E-state index is -0.892. The van der Waals surface area contributed by atoms with Crippen molar-refractivity contribution in [2.75, 3.05) is 6.61 Å². The summed E-state index contributed by atoms with van der Waals surface area (Å²) in [6.07, 6.45) is 1.98. The number of aliphatic hydroxyl groups is 1. The Labute approximate surface area is 117 Å². The van der Waals surface area contributed by atoms with Crippen LogP contribution in [0.2, 0.25) is 0 Å². The highest BCUT2D eigenvalue weighted by molar-refractivity contribution is 5.92. The summed E-state index contributed by atoms with van der Waals surface area (Å²) in [5.74, 6) is -0.892. The van der Waals surface area contributed by atoms with E-state index in [4.69, 9.17) is 5.11 Å². The number of carboxylic acid groups (broad SMARTS) is 1. The van der Waals surface area contributed by atoms with E-state index in [-0.39, 0.29) is 6.61 Å². The van der Waals surface area contributed by atoms with Gasteiger partial charge in [0.2, 0.25) is 0 Å². The summed E-state index contributed by atoms with van der Waals surface area (Å²) in [7, 11) is 0. The smallest absolute Gasteiger partial charge is 0.335 e. The van der Waals surface area contributed by atoms with Crippen molar-refractivity contribution in [3.63, 3.8) is 0 Å². The summed E-state index contributed by atoms with van der Waals surface area (Å²) < 4.78 is 0. The van der Waals surface area contributed by atoms with Gasteiger partial charge in [-0.2, -0.15) is 0 Å². The van der Waals surface area contributed by atoms with Gasteiger partial charge in [0.15, 0.2) is 0 Å².